The molecular weight excluding hydrogens is 470 g/mol. The van der Waals surface area contributed by atoms with E-state index in [-0.39, 0.29) is 5.92 Å². The van der Waals surface area contributed by atoms with Crippen LogP contribution in [0.4, 0.5) is 0 Å². The molecule has 0 fully saturated rings. The monoisotopic (exact) mass is 505 g/mol. The lowest BCUT2D eigenvalue weighted by Crippen LogP contribution is -2.39. The molecule has 0 aromatic heterocycles. The van der Waals surface area contributed by atoms with Gasteiger partial charge in [-0.05, 0) is 69.4 Å². The number of aliphatic carboxylic acids is 1. The SMILES string of the molecule is CCCN(CCCc1cccc(OC(C)(C)C(=O)O)c1)S(=O)(=O)C1Sc2ccc(C)cc2C1C. The molecule has 1 aliphatic rings. The lowest BCUT2D eigenvalue weighted by molar-refractivity contribution is -0.152. The highest BCUT2D eigenvalue weighted by atomic mass is 32.3. The molecule has 1 N–H and O–H groups in total. The molecule has 8 heteroatoms. The van der Waals surface area contributed by atoms with E-state index in [1.807, 2.05) is 51.1 Å². The average molecular weight is 506 g/mol. The molecular formula is C26H35NO5S2. The maximum absolute atomic E-state index is 13.6. The van der Waals surface area contributed by atoms with Gasteiger partial charge in [0.15, 0.2) is 5.60 Å². The molecule has 2 aromatic carbocycles. The Balaban J connectivity index is 1.67. The van der Waals surface area contributed by atoms with Crippen LogP contribution in [0.3, 0.4) is 0 Å². The van der Waals surface area contributed by atoms with Crippen LogP contribution in [-0.4, -0.2) is 47.1 Å². The van der Waals surface area contributed by atoms with Crippen LogP contribution in [0.25, 0.3) is 0 Å². The van der Waals surface area contributed by atoms with Crippen LogP contribution in [0, 0.1) is 6.92 Å². The van der Waals surface area contributed by atoms with Crippen molar-refractivity contribution in [3.8, 4) is 5.75 Å². The normalized spacial score (nSPS) is 18.2. The first-order chi connectivity index (χ1) is 16.0. The predicted molar refractivity (Wildman–Crippen MR) is 137 cm³/mol. The van der Waals surface area contributed by atoms with Gasteiger partial charge >= 0.3 is 5.97 Å². The van der Waals surface area contributed by atoms with Gasteiger partial charge in [-0.3, -0.25) is 0 Å². The second-order valence-electron chi connectivity index (χ2n) is 9.43. The Morgan fingerprint density at radius 3 is 2.59 bits per heavy atom. The Hall–Kier alpha value is -2.03. The molecule has 2 atom stereocenters. The van der Waals surface area contributed by atoms with Crippen molar-refractivity contribution in [2.24, 2.45) is 0 Å². The first-order valence-electron chi connectivity index (χ1n) is 11.7. The fraction of sp³-hybridized carbons (Fsp3) is 0.500. The number of ether oxygens (including phenoxy) is 1. The number of benzene rings is 2. The lowest BCUT2D eigenvalue weighted by atomic mass is 10.0. The summed E-state index contributed by atoms with van der Waals surface area (Å²) in [5, 5.41) is 9.29. The van der Waals surface area contributed by atoms with Gasteiger partial charge in [-0.2, -0.15) is 0 Å². The Bertz CT molecular complexity index is 1130. The summed E-state index contributed by atoms with van der Waals surface area (Å²) in [5.74, 6) is -0.600. The molecule has 0 saturated carbocycles. The second kappa shape index (κ2) is 10.7. The van der Waals surface area contributed by atoms with Crippen molar-refractivity contribution in [3.63, 3.8) is 0 Å². The van der Waals surface area contributed by atoms with E-state index in [0.29, 0.717) is 31.7 Å². The van der Waals surface area contributed by atoms with Gasteiger partial charge in [0.1, 0.15) is 10.3 Å². The fourth-order valence-corrected chi connectivity index (χ4v) is 8.22. The third-order valence-corrected chi connectivity index (χ3v) is 10.5. The molecule has 2 aromatic rings. The minimum Gasteiger partial charge on any atom is -0.478 e. The van der Waals surface area contributed by atoms with Crippen LogP contribution >= 0.6 is 11.8 Å². The Morgan fingerprint density at radius 2 is 1.91 bits per heavy atom. The van der Waals surface area contributed by atoms with Crippen molar-refractivity contribution < 1.29 is 23.1 Å². The largest absolute Gasteiger partial charge is 0.478 e. The number of sulfonamides is 1. The topological polar surface area (TPSA) is 83.9 Å². The van der Waals surface area contributed by atoms with Gasteiger partial charge in [0.05, 0.1) is 0 Å². The number of hydrogen-bond acceptors (Lipinski definition) is 5. The molecule has 0 aliphatic carbocycles. The molecule has 3 rings (SSSR count). The highest BCUT2D eigenvalue weighted by molar-refractivity contribution is 8.13. The molecule has 0 bridgehead atoms. The first-order valence-corrected chi connectivity index (χ1v) is 14.1. The fourth-order valence-electron chi connectivity index (χ4n) is 4.15. The standard InChI is InChI=1S/C26H35NO5S2/c1-6-14-27(34(30,31)24-19(3)22-16-18(2)12-13-23(22)33-24)15-8-10-20-9-7-11-21(17-20)32-26(4,5)25(28)29/h7,9,11-13,16-17,19,24H,6,8,10,14-15H2,1-5H3,(H,28,29). The van der Waals surface area contributed by atoms with Gasteiger partial charge in [-0.25, -0.2) is 17.5 Å². The molecule has 1 heterocycles. The van der Waals surface area contributed by atoms with Crippen molar-refractivity contribution in [1.29, 1.82) is 0 Å². The number of carboxylic acid groups (broad SMARTS) is 1. The number of carboxylic acids is 1. The maximum Gasteiger partial charge on any atom is 0.347 e. The zero-order valence-corrected chi connectivity index (χ0v) is 22.2. The summed E-state index contributed by atoms with van der Waals surface area (Å²) in [6, 6.07) is 13.5. The summed E-state index contributed by atoms with van der Waals surface area (Å²) in [7, 11) is -3.48. The first kappa shape index (κ1) is 26.6. The summed E-state index contributed by atoms with van der Waals surface area (Å²) in [6.07, 6.45) is 2.10. The van der Waals surface area contributed by atoms with Gasteiger partial charge < -0.3 is 9.84 Å². The van der Waals surface area contributed by atoms with Gasteiger partial charge in [0, 0.05) is 23.9 Å². The number of carbonyl (C=O) groups is 1. The van der Waals surface area contributed by atoms with E-state index in [0.717, 1.165) is 28.0 Å². The molecule has 0 radical (unpaired) electrons. The number of hydrogen-bond donors (Lipinski definition) is 1. The van der Waals surface area contributed by atoms with Gasteiger partial charge in [0.2, 0.25) is 10.0 Å². The summed E-state index contributed by atoms with van der Waals surface area (Å²) < 4.78 is 34.0. The molecule has 0 amide bonds. The molecule has 0 saturated heterocycles. The van der Waals surface area contributed by atoms with Gasteiger partial charge in [-0.1, -0.05) is 43.7 Å². The third-order valence-electron chi connectivity index (χ3n) is 6.09. The smallest absolute Gasteiger partial charge is 0.347 e. The predicted octanol–water partition coefficient (Wildman–Crippen LogP) is 5.45. The van der Waals surface area contributed by atoms with Gasteiger partial charge in [0.25, 0.3) is 0 Å². The van der Waals surface area contributed by atoms with Crippen LogP contribution < -0.4 is 4.74 Å². The number of nitrogens with zero attached hydrogens (tertiary/aromatic N) is 1. The lowest BCUT2D eigenvalue weighted by Gasteiger charge is -2.27. The highest BCUT2D eigenvalue weighted by Gasteiger charge is 2.42. The van der Waals surface area contributed by atoms with E-state index < -0.39 is 26.2 Å². The molecule has 34 heavy (non-hydrogen) atoms. The summed E-state index contributed by atoms with van der Waals surface area (Å²) >= 11 is 1.46. The van der Waals surface area contributed by atoms with Crippen molar-refractivity contribution >= 4 is 27.8 Å². The Kier molecular flexibility index (Phi) is 8.37. The quantitative estimate of drug-likeness (QED) is 0.437. The Labute approximate surface area is 207 Å². The molecule has 0 spiro atoms. The van der Waals surface area contributed by atoms with Crippen molar-refractivity contribution in [1.82, 2.24) is 4.31 Å². The van der Waals surface area contributed by atoms with Crippen LogP contribution in [0.15, 0.2) is 47.4 Å². The van der Waals surface area contributed by atoms with Crippen LogP contribution in [0.2, 0.25) is 0 Å². The Morgan fingerprint density at radius 1 is 1.18 bits per heavy atom. The number of fused-ring (bicyclic) bond motifs is 1. The van der Waals surface area contributed by atoms with E-state index in [1.54, 1.807) is 10.4 Å². The summed E-state index contributed by atoms with van der Waals surface area (Å²) in [4.78, 5) is 12.4. The van der Waals surface area contributed by atoms with Crippen LogP contribution in [0.1, 0.15) is 63.1 Å². The minimum atomic E-state index is -3.48. The summed E-state index contributed by atoms with van der Waals surface area (Å²) in [6.45, 7) is 10.0. The van der Waals surface area contributed by atoms with E-state index >= 15 is 0 Å². The van der Waals surface area contributed by atoms with E-state index in [2.05, 4.69) is 6.07 Å². The average Bonchev–Trinajstić information content (AvgIpc) is 3.09. The molecule has 2 unspecified atom stereocenters. The van der Waals surface area contributed by atoms with Crippen molar-refractivity contribution in [2.75, 3.05) is 13.1 Å². The van der Waals surface area contributed by atoms with Crippen LogP contribution in [-0.2, 0) is 21.2 Å². The van der Waals surface area contributed by atoms with E-state index in [4.69, 9.17) is 4.74 Å². The van der Waals surface area contributed by atoms with E-state index in [1.165, 1.54) is 25.6 Å². The zero-order chi connectivity index (χ0) is 25.1. The highest BCUT2D eigenvalue weighted by Crippen LogP contribution is 2.48. The van der Waals surface area contributed by atoms with Crippen molar-refractivity contribution in [3.05, 3.63) is 59.2 Å². The van der Waals surface area contributed by atoms with Crippen molar-refractivity contribution in [2.45, 2.75) is 74.9 Å². The third kappa shape index (κ3) is 5.96. The maximum atomic E-state index is 13.6. The molecule has 1 aliphatic heterocycles. The van der Waals surface area contributed by atoms with Gasteiger partial charge in [-0.15, -0.1) is 11.8 Å². The zero-order valence-electron chi connectivity index (χ0n) is 20.6. The van der Waals surface area contributed by atoms with Crippen LogP contribution in [0.5, 0.6) is 5.75 Å². The number of aryl methyl sites for hydroxylation is 2. The molecule has 6 nitrogen and oxygen atoms in total. The minimum absolute atomic E-state index is 0.0596. The summed E-state index contributed by atoms with van der Waals surface area (Å²) in [5.41, 5.74) is 1.93. The number of thioether (sulfide) groups is 1. The molecule has 186 valence electrons. The van der Waals surface area contributed by atoms with E-state index in [9.17, 15) is 18.3 Å². The number of rotatable bonds is 11. The second-order valence-corrected chi connectivity index (χ2v) is 13.0.